The molecule has 0 atom stereocenters. The van der Waals surface area contributed by atoms with E-state index in [1.165, 1.54) is 42.5 Å². The number of rotatable bonds is 30. The Kier molecular flexibility index (Phi) is 22.4. The van der Waals surface area contributed by atoms with Crippen LogP contribution in [-0.2, 0) is 58.5 Å². The lowest BCUT2D eigenvalue weighted by Crippen LogP contribution is -2.14. The molecule has 0 unspecified atom stereocenters. The molecule has 0 heterocycles. The van der Waals surface area contributed by atoms with Gasteiger partial charge < -0.3 is 30.5 Å². The Hall–Kier alpha value is -7.84. The van der Waals surface area contributed by atoms with E-state index >= 15 is 0 Å². The second kappa shape index (κ2) is 29.6. The summed E-state index contributed by atoms with van der Waals surface area (Å²) in [5.74, 6) is -1.47. The zero-order valence-corrected chi connectivity index (χ0v) is 50.5. The van der Waals surface area contributed by atoms with E-state index in [1.54, 1.807) is 43.3 Å². The van der Waals surface area contributed by atoms with Crippen molar-refractivity contribution in [3.63, 3.8) is 0 Å². The van der Waals surface area contributed by atoms with Gasteiger partial charge in [0.2, 0.25) is 0 Å². The van der Waals surface area contributed by atoms with Crippen LogP contribution in [-0.4, -0.2) is 94.7 Å². The highest BCUT2D eigenvalue weighted by atomic mass is 32.2. The SMILES string of the molecule is Cc1ccc(OCCCSOOO)c(N=Nc2c(SOOO)cc3cc(N=Nc4c(SOOO)cc5c(S(=O)(=O)O)cc(N=Nc6ccc7c(O)c(NNc8cc(C)ccc8OCCCCS(=O)(=O)O)c(S(=O)(=O)O)cc7c6)c(N)c5c4O)ccc3c2O)c1. The number of azo groups is 3. The van der Waals surface area contributed by atoms with E-state index < -0.39 is 96.7 Å². The van der Waals surface area contributed by atoms with Gasteiger partial charge >= 0.3 is 0 Å². The normalized spacial score (nSPS) is 12.4. The lowest BCUT2D eigenvalue weighted by atomic mass is 10.0. The van der Waals surface area contributed by atoms with Crippen LogP contribution in [0.4, 0.5) is 51.2 Å². The summed E-state index contributed by atoms with van der Waals surface area (Å²) >= 11 is 1.51. The minimum absolute atomic E-state index is 0.0164. The molecular formula is C51H49N9O23S6. The lowest BCUT2D eigenvalue weighted by molar-refractivity contribution is -0.432. The molecule has 0 radical (unpaired) electrons. The maximum absolute atomic E-state index is 13.0. The number of hydrogen-bond donors (Lipinski definition) is 12. The molecule has 0 saturated heterocycles. The van der Waals surface area contributed by atoms with Crippen molar-refractivity contribution >= 4 is 150 Å². The number of anilines is 3. The van der Waals surface area contributed by atoms with Crippen LogP contribution in [0.25, 0.3) is 32.3 Å². The number of aromatic hydroxyl groups is 3. The summed E-state index contributed by atoms with van der Waals surface area (Å²) in [7, 11) is -14.5. The summed E-state index contributed by atoms with van der Waals surface area (Å²) in [5.41, 5.74) is 11.9. The number of phenolic OH excluding ortho intramolecular Hbond substituents is 3. The molecule has 0 spiro atoms. The van der Waals surface area contributed by atoms with Gasteiger partial charge in [-0.1, -0.05) is 27.2 Å². The maximum atomic E-state index is 13.0. The molecule has 0 bridgehead atoms. The van der Waals surface area contributed by atoms with Crippen LogP contribution in [0.15, 0.2) is 147 Å². The molecule has 38 heteroatoms. The van der Waals surface area contributed by atoms with Crippen molar-refractivity contribution in [3.05, 3.63) is 108 Å². The van der Waals surface area contributed by atoms with Crippen LogP contribution >= 0.6 is 36.1 Å². The monoisotopic (exact) mass is 1350 g/mol. The molecular weight excluding hydrogens is 1300 g/mol. The van der Waals surface area contributed by atoms with Crippen LogP contribution in [0.5, 0.6) is 28.7 Å². The van der Waals surface area contributed by atoms with E-state index in [0.29, 0.717) is 30.0 Å². The number of unbranched alkanes of at least 4 members (excludes halogenated alkanes) is 1. The highest BCUT2D eigenvalue weighted by molar-refractivity contribution is 7.95. The summed E-state index contributed by atoms with van der Waals surface area (Å²) in [6.45, 7) is 3.80. The molecule has 8 aromatic carbocycles. The third-order valence-electron chi connectivity index (χ3n) is 12.4. The van der Waals surface area contributed by atoms with Crippen LogP contribution < -0.4 is 26.1 Å². The molecule has 8 rings (SSSR count). The van der Waals surface area contributed by atoms with Crippen molar-refractivity contribution in [2.24, 2.45) is 30.7 Å². The fraction of sp³-hybridized carbons (Fsp3) is 0.176. The Morgan fingerprint density at radius 3 is 1.74 bits per heavy atom. The van der Waals surface area contributed by atoms with Gasteiger partial charge in [0.25, 0.3) is 30.4 Å². The first-order valence-electron chi connectivity index (χ1n) is 25.1. The Balaban J connectivity index is 1.11. The minimum atomic E-state index is -5.22. The number of ether oxygens (including phenoxy) is 2. The van der Waals surface area contributed by atoms with Gasteiger partial charge in [-0.2, -0.15) is 35.5 Å². The molecule has 0 amide bonds. The number of phenols is 3. The van der Waals surface area contributed by atoms with Crippen LogP contribution in [0.2, 0.25) is 0 Å². The van der Waals surface area contributed by atoms with E-state index in [9.17, 15) is 49.7 Å². The van der Waals surface area contributed by atoms with Crippen molar-refractivity contribution in [1.29, 1.82) is 0 Å². The van der Waals surface area contributed by atoms with Crippen molar-refractivity contribution in [2.45, 2.75) is 52.7 Å². The van der Waals surface area contributed by atoms with E-state index in [4.69, 9.17) is 39.9 Å². The van der Waals surface area contributed by atoms with Gasteiger partial charge in [-0.3, -0.25) is 24.5 Å². The molecule has 8 aromatic rings. The number of benzene rings is 8. The number of nitrogens with two attached hydrogens (primary N) is 1. The standard InChI is InChI=1S/C51H49N9O23S6/c1-26-7-13-39(77-15-5-16-84-81-78-64)35(18-26)55-59-46-40(85-82-79-65)22-28-20-31(9-10-32(28)49(46)61)54-58-47-41(86-83-80-66)24-34-42(88(70,71)72)25-37(45(52)44(34)51(47)63)57-53-30-8-11-33-29(21-30)23-43(89(73,74)75)48(50(33)62)60-56-36-19-27(2)6-12-38(36)76-14-3-4-17-87(67,68)69/h6-13,18-25,56,60-66H,3-5,14-17,52H2,1-2H3,(H,67,68,69)(H,70,71,72)(H,73,74,75). The molecule has 0 aliphatic carbocycles. The van der Waals surface area contributed by atoms with Crippen molar-refractivity contribution in [2.75, 3.05) is 41.3 Å². The Labute approximate surface area is 516 Å². The van der Waals surface area contributed by atoms with Crippen molar-refractivity contribution < 1.29 is 108 Å². The zero-order chi connectivity index (χ0) is 64.2. The summed E-state index contributed by atoms with van der Waals surface area (Å²) in [6, 6.07) is 22.4. The van der Waals surface area contributed by atoms with Gasteiger partial charge in [0.05, 0.1) is 81.0 Å². The lowest BCUT2D eigenvalue weighted by Gasteiger charge is -2.18. The molecule has 89 heavy (non-hydrogen) atoms. The number of hydrogen-bond acceptors (Lipinski definition) is 32. The maximum Gasteiger partial charge on any atom is 0.296 e. The zero-order valence-electron chi connectivity index (χ0n) is 45.6. The molecule has 0 saturated carbocycles. The second-order valence-electron chi connectivity index (χ2n) is 18.5. The first-order chi connectivity index (χ1) is 42.4. The summed E-state index contributed by atoms with van der Waals surface area (Å²) in [6.07, 6.45) is 0.826. The van der Waals surface area contributed by atoms with Crippen molar-refractivity contribution in [3.8, 4) is 28.7 Å². The number of nitrogens with one attached hydrogen (secondary N) is 2. The summed E-state index contributed by atoms with van der Waals surface area (Å²) in [5, 5.41) is 97.4. The highest BCUT2D eigenvalue weighted by Gasteiger charge is 2.27. The fourth-order valence-corrected chi connectivity index (χ4v) is 11.7. The van der Waals surface area contributed by atoms with Crippen LogP contribution in [0.1, 0.15) is 30.4 Å². The summed E-state index contributed by atoms with van der Waals surface area (Å²) < 4.78 is 129. The van der Waals surface area contributed by atoms with Gasteiger partial charge in [-0.05, 0) is 140 Å². The number of aryl methyl sites for hydroxylation is 2. The summed E-state index contributed by atoms with van der Waals surface area (Å²) in [4.78, 5) is -1.91. The van der Waals surface area contributed by atoms with Gasteiger partial charge in [-0.25, -0.2) is 15.8 Å². The predicted molar refractivity (Wildman–Crippen MR) is 323 cm³/mol. The predicted octanol–water partition coefficient (Wildman–Crippen LogP) is 13.4. The van der Waals surface area contributed by atoms with Gasteiger partial charge in [0, 0.05) is 34.0 Å². The fourth-order valence-electron chi connectivity index (χ4n) is 8.44. The number of nitrogen functional groups attached to an aromatic ring is 1. The molecule has 13 N–H and O–H groups in total. The smallest absolute Gasteiger partial charge is 0.296 e. The van der Waals surface area contributed by atoms with E-state index in [0.717, 1.165) is 41.4 Å². The average Bonchev–Trinajstić information content (AvgIpc) is 0.798. The third-order valence-corrected chi connectivity index (χ3v) is 16.8. The quantitative estimate of drug-likeness (QED) is 0.00291. The highest BCUT2D eigenvalue weighted by Crippen LogP contribution is 2.51. The molecule has 472 valence electrons. The largest absolute Gasteiger partial charge is 0.505 e. The van der Waals surface area contributed by atoms with E-state index in [-0.39, 0.29) is 104 Å². The second-order valence-corrected chi connectivity index (χ2v) is 25.1. The minimum Gasteiger partial charge on any atom is -0.505 e. The van der Waals surface area contributed by atoms with Crippen LogP contribution in [0, 0.1) is 13.8 Å². The molecule has 0 fully saturated rings. The molecule has 0 aliphatic heterocycles. The Morgan fingerprint density at radius 1 is 0.528 bits per heavy atom. The molecule has 0 aliphatic rings. The van der Waals surface area contributed by atoms with Crippen molar-refractivity contribution in [1.82, 2.24) is 0 Å². The number of hydrazine groups is 1. The Morgan fingerprint density at radius 2 is 1.09 bits per heavy atom. The van der Waals surface area contributed by atoms with Gasteiger partial charge in [0.15, 0.2) is 11.5 Å². The topological polar surface area (TPSA) is 483 Å². The van der Waals surface area contributed by atoms with E-state index in [1.807, 2.05) is 6.92 Å². The first-order valence-corrected chi connectivity index (χ1v) is 32.0. The van der Waals surface area contributed by atoms with Gasteiger partial charge in [-0.15, -0.1) is 33.5 Å². The Bertz CT molecular complexity index is 4420. The first kappa shape index (κ1) is 67.1. The average molecular weight is 1350 g/mol. The third kappa shape index (κ3) is 17.1. The van der Waals surface area contributed by atoms with E-state index in [2.05, 4.69) is 65.3 Å². The van der Waals surface area contributed by atoms with Crippen LogP contribution in [0.3, 0.4) is 0 Å². The number of nitrogens with zero attached hydrogens (tertiary/aromatic N) is 6. The molecule has 32 nitrogen and oxygen atoms in total. The molecule has 0 aromatic heterocycles. The number of fused-ring (bicyclic) bond motifs is 3. The van der Waals surface area contributed by atoms with Gasteiger partial charge in [0.1, 0.15) is 55.5 Å².